The predicted molar refractivity (Wildman–Crippen MR) is 215 cm³/mol. The molecule has 1 saturated carbocycles. The predicted octanol–water partition coefficient (Wildman–Crippen LogP) is 6.39. The highest BCUT2D eigenvalue weighted by Crippen LogP contribution is 2.29. The first-order valence-corrected chi connectivity index (χ1v) is 20.4. The molecular weight excluding hydrogens is 697 g/mol. The Bertz CT molecular complexity index is 1640. The number of ether oxygens (including phenoxy) is 4. The Hall–Kier alpha value is -3.77. The lowest BCUT2D eigenvalue weighted by atomic mass is 9.83. The zero-order chi connectivity index (χ0) is 39.0. The molecule has 5 rings (SSSR count). The van der Waals surface area contributed by atoms with Gasteiger partial charge < -0.3 is 38.6 Å². The van der Waals surface area contributed by atoms with E-state index in [-0.39, 0.29) is 29.1 Å². The van der Waals surface area contributed by atoms with Crippen LogP contribution in [0.25, 0.3) is 10.9 Å². The first-order chi connectivity index (χ1) is 26.6. The minimum Gasteiger partial charge on any atom is -0.377 e. The molecule has 2 aliphatic rings. The van der Waals surface area contributed by atoms with Gasteiger partial charge in [0.05, 0.1) is 52.9 Å². The van der Waals surface area contributed by atoms with Crippen LogP contribution in [0.4, 0.5) is 0 Å². The SMILES string of the molecule is Cc1cc2cc(C(=O)N3CCN(C(=O)[C@@H](NC(=O)CCC(C)(C)C)C4CCCCC4)CC3)ccc2n1CCOCCOCCOCCOCc1ccccc1. The summed E-state index contributed by atoms with van der Waals surface area (Å²) in [6.45, 7) is 15.3. The fourth-order valence-electron chi connectivity index (χ4n) is 7.51. The lowest BCUT2D eigenvalue weighted by molar-refractivity contribution is -0.139. The second-order valence-corrected chi connectivity index (χ2v) is 16.2. The normalized spacial score (nSPS) is 16.1. The molecule has 11 heteroatoms. The number of aryl methyl sites for hydroxylation is 1. The third-order valence-electron chi connectivity index (χ3n) is 10.7. The second kappa shape index (κ2) is 21.5. The van der Waals surface area contributed by atoms with Crippen LogP contribution in [-0.4, -0.2) is 111 Å². The number of nitrogens with one attached hydrogen (secondary N) is 1. The summed E-state index contributed by atoms with van der Waals surface area (Å²) in [5.74, 6) is 0.100. The van der Waals surface area contributed by atoms with Crippen molar-refractivity contribution < 1.29 is 33.3 Å². The van der Waals surface area contributed by atoms with E-state index >= 15 is 0 Å². The Morgan fingerprint density at radius 1 is 0.764 bits per heavy atom. The van der Waals surface area contributed by atoms with Crippen molar-refractivity contribution in [3.8, 4) is 0 Å². The Morgan fingerprint density at radius 2 is 1.38 bits per heavy atom. The van der Waals surface area contributed by atoms with Gasteiger partial charge in [0.1, 0.15) is 6.04 Å². The van der Waals surface area contributed by atoms with Gasteiger partial charge in [-0.1, -0.05) is 70.4 Å². The number of nitrogens with zero attached hydrogens (tertiary/aromatic N) is 3. The molecule has 1 atom stereocenters. The number of benzene rings is 2. The van der Waals surface area contributed by atoms with Gasteiger partial charge in [0.2, 0.25) is 11.8 Å². The zero-order valence-electron chi connectivity index (χ0n) is 33.7. The molecule has 3 amide bonds. The molecular formula is C44H64N4O7. The fourth-order valence-corrected chi connectivity index (χ4v) is 7.51. The molecule has 11 nitrogen and oxygen atoms in total. The van der Waals surface area contributed by atoms with E-state index in [1.165, 1.54) is 6.42 Å². The summed E-state index contributed by atoms with van der Waals surface area (Å²) in [4.78, 5) is 44.2. The highest BCUT2D eigenvalue weighted by molar-refractivity contribution is 5.98. The second-order valence-electron chi connectivity index (χ2n) is 16.2. The summed E-state index contributed by atoms with van der Waals surface area (Å²) in [5.41, 5.74) is 4.02. The van der Waals surface area contributed by atoms with Crippen LogP contribution in [0.3, 0.4) is 0 Å². The summed E-state index contributed by atoms with van der Waals surface area (Å²) < 4.78 is 24.9. The molecule has 0 bridgehead atoms. The number of amides is 3. The molecule has 302 valence electrons. The van der Waals surface area contributed by atoms with Crippen molar-refractivity contribution in [1.29, 1.82) is 0 Å². The van der Waals surface area contributed by atoms with Crippen molar-refractivity contribution >= 4 is 28.6 Å². The van der Waals surface area contributed by atoms with Crippen molar-refractivity contribution in [2.24, 2.45) is 11.3 Å². The van der Waals surface area contributed by atoms with Crippen LogP contribution in [0.1, 0.15) is 87.3 Å². The van der Waals surface area contributed by atoms with Gasteiger partial charge in [-0.15, -0.1) is 0 Å². The molecule has 1 aliphatic heterocycles. The average Bonchev–Trinajstić information content (AvgIpc) is 3.51. The molecule has 2 heterocycles. The lowest BCUT2D eigenvalue weighted by Gasteiger charge is -2.39. The van der Waals surface area contributed by atoms with E-state index in [0.29, 0.717) is 97.6 Å². The van der Waals surface area contributed by atoms with Crippen LogP contribution in [-0.2, 0) is 41.7 Å². The Kier molecular flexibility index (Phi) is 16.6. The quantitative estimate of drug-likeness (QED) is 0.133. The smallest absolute Gasteiger partial charge is 0.253 e. The van der Waals surface area contributed by atoms with Crippen molar-refractivity contribution in [3.05, 3.63) is 71.4 Å². The third kappa shape index (κ3) is 13.4. The van der Waals surface area contributed by atoms with Crippen molar-refractivity contribution in [2.45, 2.75) is 91.8 Å². The van der Waals surface area contributed by atoms with E-state index in [0.717, 1.165) is 54.3 Å². The van der Waals surface area contributed by atoms with Crippen molar-refractivity contribution in [3.63, 3.8) is 0 Å². The van der Waals surface area contributed by atoms with E-state index in [1.54, 1.807) is 0 Å². The minimum atomic E-state index is -0.490. The van der Waals surface area contributed by atoms with Gasteiger partial charge in [0.25, 0.3) is 5.91 Å². The Labute approximate surface area is 328 Å². The summed E-state index contributed by atoms with van der Waals surface area (Å²) in [6.07, 6.45) is 6.49. The first-order valence-electron chi connectivity index (χ1n) is 20.4. The number of hydrogen-bond acceptors (Lipinski definition) is 7. The molecule has 2 aromatic carbocycles. The summed E-state index contributed by atoms with van der Waals surface area (Å²) in [7, 11) is 0. The molecule has 2 fully saturated rings. The van der Waals surface area contributed by atoms with Crippen LogP contribution in [0, 0.1) is 18.3 Å². The molecule has 3 aromatic rings. The van der Waals surface area contributed by atoms with Crippen LogP contribution >= 0.6 is 0 Å². The first kappa shape index (κ1) is 42.4. The van der Waals surface area contributed by atoms with Crippen LogP contribution < -0.4 is 5.32 Å². The zero-order valence-corrected chi connectivity index (χ0v) is 33.7. The summed E-state index contributed by atoms with van der Waals surface area (Å²) >= 11 is 0. The number of rotatable bonds is 20. The largest absolute Gasteiger partial charge is 0.377 e. The van der Waals surface area contributed by atoms with Gasteiger partial charge in [-0.25, -0.2) is 0 Å². The Morgan fingerprint density at radius 3 is 2.04 bits per heavy atom. The number of carbonyl (C=O) groups excluding carboxylic acids is 3. The number of carbonyl (C=O) groups is 3. The van der Waals surface area contributed by atoms with Crippen molar-refractivity contribution in [1.82, 2.24) is 19.7 Å². The summed E-state index contributed by atoms with van der Waals surface area (Å²) in [5, 5.41) is 4.16. The van der Waals surface area contributed by atoms with E-state index < -0.39 is 6.04 Å². The molecule has 1 N–H and O–H groups in total. The molecule has 0 unspecified atom stereocenters. The number of fused-ring (bicyclic) bond motifs is 1. The van der Waals surface area contributed by atoms with E-state index in [1.807, 2.05) is 58.3 Å². The Balaban J connectivity index is 1.01. The molecule has 1 aromatic heterocycles. The van der Waals surface area contributed by atoms with E-state index in [2.05, 4.69) is 43.6 Å². The molecule has 55 heavy (non-hydrogen) atoms. The van der Waals surface area contributed by atoms with Gasteiger partial charge in [0.15, 0.2) is 0 Å². The van der Waals surface area contributed by atoms with Crippen LogP contribution in [0.2, 0.25) is 0 Å². The van der Waals surface area contributed by atoms with Gasteiger partial charge >= 0.3 is 0 Å². The van der Waals surface area contributed by atoms with E-state index in [9.17, 15) is 14.4 Å². The van der Waals surface area contributed by atoms with Gasteiger partial charge in [0, 0.05) is 61.3 Å². The topological polar surface area (TPSA) is 112 Å². The number of aromatic nitrogens is 1. The molecule has 0 radical (unpaired) electrons. The maximum atomic E-state index is 13.9. The van der Waals surface area contributed by atoms with Gasteiger partial charge in [-0.05, 0) is 67.3 Å². The minimum absolute atomic E-state index is 0.000375. The molecule has 1 aliphatic carbocycles. The fraction of sp³-hybridized carbons (Fsp3) is 0.614. The van der Waals surface area contributed by atoms with Gasteiger partial charge in [-0.2, -0.15) is 0 Å². The van der Waals surface area contributed by atoms with E-state index in [4.69, 9.17) is 18.9 Å². The molecule has 0 spiro atoms. The number of hydrogen-bond donors (Lipinski definition) is 1. The van der Waals surface area contributed by atoms with Crippen molar-refractivity contribution in [2.75, 3.05) is 72.4 Å². The molecule has 1 saturated heterocycles. The average molecular weight is 761 g/mol. The van der Waals surface area contributed by atoms with Crippen LogP contribution in [0.15, 0.2) is 54.6 Å². The monoisotopic (exact) mass is 760 g/mol. The van der Waals surface area contributed by atoms with Gasteiger partial charge in [-0.3, -0.25) is 14.4 Å². The maximum absolute atomic E-state index is 13.9. The van der Waals surface area contributed by atoms with Crippen LogP contribution in [0.5, 0.6) is 0 Å². The standard InChI is InChI=1S/C44H64N4O7/c1-34-31-38-32-37(15-16-39(38)48(34)23-24-52-25-26-53-27-28-54-29-30-55-33-35-11-7-5-8-12-35)42(50)46-19-21-47(22-20-46)43(51)41(36-13-9-6-10-14-36)45-40(49)17-18-44(2,3)4/h5,7-8,11-12,15-16,31-32,36,41H,6,9-10,13-14,17-30,33H2,1-4H3,(H,45,49)/t41-/m0/s1. The maximum Gasteiger partial charge on any atom is 0.253 e. The number of piperazine rings is 1. The highest BCUT2D eigenvalue weighted by atomic mass is 16.6. The lowest BCUT2D eigenvalue weighted by Crippen LogP contribution is -2.57. The summed E-state index contributed by atoms with van der Waals surface area (Å²) in [6, 6.07) is 17.6. The highest BCUT2D eigenvalue weighted by Gasteiger charge is 2.36. The third-order valence-corrected chi connectivity index (χ3v) is 10.7.